The van der Waals surface area contributed by atoms with E-state index in [1.165, 1.54) is 4.31 Å². The fraction of sp³-hybridized carbons (Fsp3) is 0.667. The van der Waals surface area contributed by atoms with Gasteiger partial charge in [0.1, 0.15) is 0 Å². The number of sulfonamides is 1. The molecule has 1 amide bonds. The Bertz CT molecular complexity index is 726. The first-order chi connectivity index (χ1) is 13.3. The van der Waals surface area contributed by atoms with Crippen LogP contribution in [-0.2, 0) is 14.8 Å². The van der Waals surface area contributed by atoms with Gasteiger partial charge in [-0.15, -0.1) is 0 Å². The highest BCUT2D eigenvalue weighted by Crippen LogP contribution is 2.23. The fourth-order valence-corrected chi connectivity index (χ4v) is 4.93. The van der Waals surface area contributed by atoms with Crippen molar-refractivity contribution in [3.05, 3.63) is 29.8 Å². The van der Waals surface area contributed by atoms with Crippen molar-refractivity contribution in [2.75, 3.05) is 32.7 Å². The van der Waals surface area contributed by atoms with E-state index in [1.54, 1.807) is 12.1 Å². The molecule has 7 heteroatoms. The summed E-state index contributed by atoms with van der Waals surface area (Å²) < 4.78 is 27.4. The summed E-state index contributed by atoms with van der Waals surface area (Å²) in [5.41, 5.74) is 1.16. The summed E-state index contributed by atoms with van der Waals surface area (Å²) in [6.45, 7) is 10.7. The third-order valence-corrected chi connectivity index (χ3v) is 7.44. The molecule has 0 radical (unpaired) electrons. The zero-order valence-corrected chi connectivity index (χ0v) is 18.5. The zero-order valence-electron chi connectivity index (χ0n) is 17.6. The molecule has 1 N–H and O–H groups in total. The molecule has 6 nitrogen and oxygen atoms in total. The Morgan fingerprint density at radius 3 is 2.21 bits per heavy atom. The second-order valence-corrected chi connectivity index (χ2v) is 9.75. The lowest BCUT2D eigenvalue weighted by molar-refractivity contribution is -0.123. The van der Waals surface area contributed by atoms with Crippen LogP contribution < -0.4 is 5.32 Å². The Morgan fingerprint density at radius 2 is 1.68 bits per heavy atom. The monoisotopic (exact) mass is 409 g/mol. The second-order valence-electron chi connectivity index (χ2n) is 7.82. The third-order valence-electron chi connectivity index (χ3n) is 5.53. The van der Waals surface area contributed by atoms with Gasteiger partial charge in [-0.25, -0.2) is 8.42 Å². The fourth-order valence-electron chi connectivity index (χ4n) is 3.51. The van der Waals surface area contributed by atoms with Gasteiger partial charge in [0, 0.05) is 32.2 Å². The average molecular weight is 410 g/mol. The molecule has 1 aromatic carbocycles. The molecule has 0 aliphatic carbocycles. The molecule has 2 atom stereocenters. The molecular formula is C21H35N3O3S. The maximum Gasteiger partial charge on any atom is 0.243 e. The van der Waals surface area contributed by atoms with Crippen molar-refractivity contribution in [2.45, 2.75) is 63.8 Å². The average Bonchev–Trinajstić information content (AvgIpc) is 2.68. The number of nitrogens with zero attached hydrogens (tertiary/aromatic N) is 2. The quantitative estimate of drug-likeness (QED) is 0.681. The molecule has 1 heterocycles. The third kappa shape index (κ3) is 6.03. The minimum Gasteiger partial charge on any atom is -0.353 e. The topological polar surface area (TPSA) is 69.7 Å². The number of carbonyl (C=O) groups is 1. The van der Waals surface area contributed by atoms with Crippen LogP contribution in [-0.4, -0.2) is 62.3 Å². The maximum atomic E-state index is 12.9. The summed E-state index contributed by atoms with van der Waals surface area (Å²) >= 11 is 0. The first-order valence-corrected chi connectivity index (χ1v) is 11.8. The normalized spacial score (nSPS) is 18.6. The van der Waals surface area contributed by atoms with Crippen molar-refractivity contribution in [3.63, 3.8) is 0 Å². The van der Waals surface area contributed by atoms with E-state index in [1.807, 2.05) is 24.0 Å². The zero-order chi connectivity index (χ0) is 20.7. The molecule has 1 aromatic rings. The smallest absolute Gasteiger partial charge is 0.243 e. The van der Waals surface area contributed by atoms with Crippen LogP contribution in [0.4, 0.5) is 0 Å². The molecule has 28 heavy (non-hydrogen) atoms. The summed E-state index contributed by atoms with van der Waals surface area (Å²) in [7, 11) is -3.48. The van der Waals surface area contributed by atoms with Crippen LogP contribution in [0.3, 0.4) is 0 Å². The summed E-state index contributed by atoms with van der Waals surface area (Å²) in [6, 6.07) is 7.44. The van der Waals surface area contributed by atoms with E-state index in [0.29, 0.717) is 43.5 Å². The number of rotatable bonds is 9. The van der Waals surface area contributed by atoms with Crippen molar-refractivity contribution >= 4 is 15.9 Å². The van der Waals surface area contributed by atoms with Gasteiger partial charge in [0.2, 0.25) is 15.9 Å². The minimum atomic E-state index is -3.48. The number of carbonyl (C=O) groups excluding carboxylic acids is 1. The molecule has 0 unspecified atom stereocenters. The first-order valence-electron chi connectivity index (χ1n) is 10.4. The van der Waals surface area contributed by atoms with E-state index in [9.17, 15) is 13.2 Å². The van der Waals surface area contributed by atoms with Crippen molar-refractivity contribution in [1.82, 2.24) is 14.5 Å². The number of piperazine rings is 1. The Labute approximate surface area is 170 Å². The van der Waals surface area contributed by atoms with Gasteiger partial charge in [-0.3, -0.25) is 9.69 Å². The van der Waals surface area contributed by atoms with Crippen LogP contribution >= 0.6 is 0 Å². The lowest BCUT2D eigenvalue weighted by Gasteiger charge is -2.33. The van der Waals surface area contributed by atoms with E-state index in [4.69, 9.17) is 0 Å². The largest absolute Gasteiger partial charge is 0.353 e. The number of nitrogens with one attached hydrogen (secondary N) is 1. The number of benzene rings is 1. The van der Waals surface area contributed by atoms with Gasteiger partial charge in [0.15, 0.2) is 0 Å². The highest BCUT2D eigenvalue weighted by atomic mass is 32.2. The predicted octanol–water partition coefficient (Wildman–Crippen LogP) is 2.81. The Morgan fingerprint density at radius 1 is 1.07 bits per heavy atom. The standard InChI is InChI=1S/C21H35N3O3S/c1-5-7-18(4)22-21(25)16-23-12-14-24(15-13-23)28(26,27)20-10-8-19(9-11-20)17(3)6-2/h8-11,17-18H,5-7,12-16H2,1-4H3,(H,22,25)/t17-,18+/m0/s1. The molecular weight excluding hydrogens is 374 g/mol. The van der Waals surface area contributed by atoms with E-state index in [2.05, 4.69) is 26.1 Å². The van der Waals surface area contributed by atoms with Gasteiger partial charge in [-0.1, -0.05) is 39.3 Å². The van der Waals surface area contributed by atoms with Crippen LogP contribution in [0.2, 0.25) is 0 Å². The summed E-state index contributed by atoms with van der Waals surface area (Å²) in [6.07, 6.45) is 3.03. The molecule has 0 saturated carbocycles. The highest BCUT2D eigenvalue weighted by Gasteiger charge is 2.29. The Hall–Kier alpha value is -1.44. The van der Waals surface area contributed by atoms with Gasteiger partial charge < -0.3 is 5.32 Å². The lowest BCUT2D eigenvalue weighted by Crippen LogP contribution is -2.51. The van der Waals surface area contributed by atoms with Gasteiger partial charge in [0.05, 0.1) is 11.4 Å². The molecule has 0 aromatic heterocycles. The highest BCUT2D eigenvalue weighted by molar-refractivity contribution is 7.89. The van der Waals surface area contributed by atoms with Crippen LogP contribution in [0.25, 0.3) is 0 Å². The predicted molar refractivity (Wildman–Crippen MR) is 113 cm³/mol. The van der Waals surface area contributed by atoms with Crippen molar-refractivity contribution in [2.24, 2.45) is 0 Å². The SMILES string of the molecule is CCC[C@@H](C)NC(=O)CN1CCN(S(=O)(=O)c2ccc([C@@H](C)CC)cc2)CC1. The van der Waals surface area contributed by atoms with Crippen LogP contribution in [0.5, 0.6) is 0 Å². The van der Waals surface area contributed by atoms with Crippen molar-refractivity contribution in [3.8, 4) is 0 Å². The lowest BCUT2D eigenvalue weighted by atomic mass is 9.99. The van der Waals surface area contributed by atoms with Crippen LogP contribution in [0.15, 0.2) is 29.2 Å². The summed E-state index contributed by atoms with van der Waals surface area (Å²) in [4.78, 5) is 14.5. The molecule has 0 spiro atoms. The van der Waals surface area contributed by atoms with Crippen LogP contribution in [0.1, 0.15) is 58.4 Å². The molecule has 0 bridgehead atoms. The van der Waals surface area contributed by atoms with E-state index < -0.39 is 10.0 Å². The molecule has 2 rings (SSSR count). The van der Waals surface area contributed by atoms with E-state index in [0.717, 1.165) is 24.8 Å². The Balaban J connectivity index is 1.90. The Kier molecular flexibility index (Phi) is 8.46. The van der Waals surface area contributed by atoms with Gasteiger partial charge in [-0.2, -0.15) is 4.31 Å². The van der Waals surface area contributed by atoms with Crippen molar-refractivity contribution in [1.29, 1.82) is 0 Å². The molecule has 1 saturated heterocycles. The molecule has 158 valence electrons. The number of hydrogen-bond acceptors (Lipinski definition) is 4. The van der Waals surface area contributed by atoms with Crippen LogP contribution in [0, 0.1) is 0 Å². The summed E-state index contributed by atoms with van der Waals surface area (Å²) in [5.74, 6) is 0.435. The van der Waals surface area contributed by atoms with E-state index >= 15 is 0 Å². The molecule has 1 aliphatic rings. The van der Waals surface area contributed by atoms with Gasteiger partial charge >= 0.3 is 0 Å². The van der Waals surface area contributed by atoms with E-state index in [-0.39, 0.29) is 11.9 Å². The number of hydrogen-bond donors (Lipinski definition) is 1. The number of amides is 1. The van der Waals surface area contributed by atoms with Gasteiger partial charge in [-0.05, 0) is 43.4 Å². The summed E-state index contributed by atoms with van der Waals surface area (Å²) in [5, 5.41) is 3.00. The molecule has 1 fully saturated rings. The van der Waals surface area contributed by atoms with Gasteiger partial charge in [0.25, 0.3) is 0 Å². The molecule has 1 aliphatic heterocycles. The second kappa shape index (κ2) is 10.4. The maximum absolute atomic E-state index is 12.9. The minimum absolute atomic E-state index is 0.0119. The van der Waals surface area contributed by atoms with Crippen molar-refractivity contribution < 1.29 is 13.2 Å². The first kappa shape index (κ1) is 22.8.